The van der Waals surface area contributed by atoms with Crippen LogP contribution in [0, 0.1) is 11.8 Å². The zero-order valence-electron chi connectivity index (χ0n) is 21.4. The summed E-state index contributed by atoms with van der Waals surface area (Å²) in [6.07, 6.45) is 1.05. The molecule has 0 radical (unpaired) electrons. The molecule has 0 aromatic heterocycles. The lowest BCUT2D eigenvalue weighted by Gasteiger charge is -2.34. The second-order valence-corrected chi connectivity index (χ2v) is 9.39. The number of carbonyl (C=O) groups excluding carboxylic acids is 3. The van der Waals surface area contributed by atoms with Crippen LogP contribution in [-0.4, -0.2) is 60.8 Å². The van der Waals surface area contributed by atoms with Gasteiger partial charge >= 0.3 is 5.97 Å². The van der Waals surface area contributed by atoms with Crippen molar-refractivity contribution in [1.29, 1.82) is 0 Å². The number of esters is 1. The van der Waals surface area contributed by atoms with Crippen molar-refractivity contribution in [3.05, 3.63) is 24.3 Å². The Morgan fingerprint density at radius 2 is 1.94 bits per heavy atom. The van der Waals surface area contributed by atoms with E-state index in [9.17, 15) is 19.5 Å². The number of aliphatic hydroxyl groups excluding tert-OH is 1. The largest absolute Gasteiger partial charge is 0.475 e. The van der Waals surface area contributed by atoms with Gasteiger partial charge in [-0.2, -0.15) is 0 Å². The number of ether oxygens (including phenoxy) is 2. The van der Waals surface area contributed by atoms with Crippen molar-refractivity contribution >= 4 is 23.5 Å². The Morgan fingerprint density at radius 3 is 2.63 bits per heavy atom. The molecular formula is C26H41N3O6. The highest BCUT2D eigenvalue weighted by molar-refractivity contribution is 5.96. The summed E-state index contributed by atoms with van der Waals surface area (Å²) in [5, 5.41) is 13.4. The molecule has 0 bridgehead atoms. The number of amides is 2. The van der Waals surface area contributed by atoms with Crippen LogP contribution in [-0.2, 0) is 19.1 Å². The minimum atomic E-state index is -0.891. The number of aliphatic hydroxyl groups is 1. The van der Waals surface area contributed by atoms with E-state index in [1.807, 2.05) is 13.0 Å². The summed E-state index contributed by atoms with van der Waals surface area (Å²) in [5.74, 6) is -0.767. The molecule has 35 heavy (non-hydrogen) atoms. The molecule has 9 nitrogen and oxygen atoms in total. The first-order valence-corrected chi connectivity index (χ1v) is 12.6. The molecule has 2 amide bonds. The van der Waals surface area contributed by atoms with Gasteiger partial charge in [0.15, 0.2) is 0 Å². The van der Waals surface area contributed by atoms with Gasteiger partial charge in [0.25, 0.3) is 0 Å². The van der Waals surface area contributed by atoms with E-state index in [1.165, 1.54) is 0 Å². The lowest BCUT2D eigenvalue weighted by molar-refractivity contribution is -0.151. The molecule has 0 saturated carbocycles. The molecule has 196 valence electrons. The fourth-order valence-corrected chi connectivity index (χ4v) is 4.15. The summed E-state index contributed by atoms with van der Waals surface area (Å²) >= 11 is 0. The molecular weight excluding hydrogens is 450 g/mol. The van der Waals surface area contributed by atoms with Crippen LogP contribution in [0.5, 0.6) is 5.75 Å². The topological polar surface area (TPSA) is 131 Å². The van der Waals surface area contributed by atoms with Gasteiger partial charge < -0.3 is 30.5 Å². The molecule has 5 atom stereocenters. The number of nitrogens with two attached hydrogens (primary N) is 1. The molecule has 1 aliphatic heterocycles. The Hall–Kier alpha value is -2.65. The molecule has 1 heterocycles. The SMILES string of the molecule is CCCCNC(=O)[C@H](C)C[C@H](O)[C@@H](N)C[C@H](C)CC(=O)N1C[C@H](C(=O)OCC)Oc2ccccc21. The van der Waals surface area contributed by atoms with Crippen molar-refractivity contribution in [2.45, 2.75) is 78.0 Å². The first kappa shape index (κ1) is 28.6. The van der Waals surface area contributed by atoms with Crippen LogP contribution in [0.25, 0.3) is 0 Å². The molecule has 1 aromatic carbocycles. The van der Waals surface area contributed by atoms with Crippen molar-refractivity contribution in [2.75, 3.05) is 24.6 Å². The predicted octanol–water partition coefficient (Wildman–Crippen LogP) is 2.39. The van der Waals surface area contributed by atoms with Crippen LogP contribution in [0.1, 0.15) is 59.8 Å². The molecule has 4 N–H and O–H groups in total. The monoisotopic (exact) mass is 491 g/mol. The van der Waals surface area contributed by atoms with Gasteiger partial charge in [0, 0.05) is 24.9 Å². The zero-order chi connectivity index (χ0) is 26.0. The van der Waals surface area contributed by atoms with Gasteiger partial charge in [-0.15, -0.1) is 0 Å². The molecule has 0 fully saturated rings. The number of anilines is 1. The van der Waals surface area contributed by atoms with Crippen LogP contribution in [0.2, 0.25) is 0 Å². The normalized spacial score (nSPS) is 18.5. The maximum Gasteiger partial charge on any atom is 0.349 e. The van der Waals surface area contributed by atoms with Crippen molar-refractivity contribution in [3.8, 4) is 5.75 Å². The molecule has 0 aliphatic carbocycles. The number of para-hydroxylation sites is 2. The quantitative estimate of drug-likeness (QED) is 0.285. The van der Waals surface area contributed by atoms with E-state index in [4.69, 9.17) is 15.2 Å². The van der Waals surface area contributed by atoms with Gasteiger partial charge in [0.1, 0.15) is 5.75 Å². The van der Waals surface area contributed by atoms with Gasteiger partial charge in [-0.05, 0) is 44.2 Å². The van der Waals surface area contributed by atoms with Crippen molar-refractivity contribution in [2.24, 2.45) is 17.6 Å². The smallest absolute Gasteiger partial charge is 0.349 e. The summed E-state index contributed by atoms with van der Waals surface area (Å²) in [5.41, 5.74) is 6.84. The molecule has 0 unspecified atom stereocenters. The summed E-state index contributed by atoms with van der Waals surface area (Å²) in [4.78, 5) is 39.2. The molecule has 2 rings (SSSR count). The molecule has 9 heteroatoms. The highest BCUT2D eigenvalue weighted by Crippen LogP contribution is 2.34. The van der Waals surface area contributed by atoms with Gasteiger partial charge in [-0.3, -0.25) is 9.59 Å². The second-order valence-electron chi connectivity index (χ2n) is 9.39. The third-order valence-electron chi connectivity index (χ3n) is 6.19. The van der Waals surface area contributed by atoms with Gasteiger partial charge in [0.05, 0.1) is 24.9 Å². The number of unbranched alkanes of at least 4 members (excludes halogenated alkanes) is 1. The van der Waals surface area contributed by atoms with Crippen LogP contribution in [0.3, 0.4) is 0 Å². The first-order valence-electron chi connectivity index (χ1n) is 12.6. The van der Waals surface area contributed by atoms with Crippen molar-refractivity contribution in [3.63, 3.8) is 0 Å². The first-order chi connectivity index (χ1) is 16.7. The van der Waals surface area contributed by atoms with E-state index in [-0.39, 0.29) is 49.6 Å². The number of hydrogen-bond acceptors (Lipinski definition) is 7. The Balaban J connectivity index is 1.93. The number of hydrogen-bond donors (Lipinski definition) is 3. The standard InChI is InChI=1S/C26H41N3O6/c1-5-7-12-28-25(32)18(4)15-21(30)19(27)13-17(3)14-24(31)29-16-23(26(33)34-6-2)35-22-11-9-8-10-20(22)29/h8-11,17-19,21,23,30H,5-7,12-16,27H2,1-4H3,(H,28,32)/t17-,18+,19-,21-,23+/m0/s1. The van der Waals surface area contributed by atoms with Crippen LogP contribution in [0.4, 0.5) is 5.69 Å². The maximum absolute atomic E-state index is 13.2. The Labute approximate surface area is 208 Å². The summed E-state index contributed by atoms with van der Waals surface area (Å²) in [6.45, 7) is 8.38. The average Bonchev–Trinajstić information content (AvgIpc) is 2.83. The Kier molecular flexibility index (Phi) is 11.5. The van der Waals surface area contributed by atoms with Gasteiger partial charge in [-0.1, -0.05) is 39.3 Å². The van der Waals surface area contributed by atoms with E-state index in [2.05, 4.69) is 12.2 Å². The van der Waals surface area contributed by atoms with Gasteiger partial charge in [-0.25, -0.2) is 4.79 Å². The Morgan fingerprint density at radius 1 is 1.23 bits per heavy atom. The number of nitrogens with zero attached hydrogens (tertiary/aromatic N) is 1. The number of benzene rings is 1. The minimum Gasteiger partial charge on any atom is -0.475 e. The third kappa shape index (κ3) is 8.50. The van der Waals surface area contributed by atoms with Crippen molar-refractivity contribution in [1.82, 2.24) is 5.32 Å². The van der Waals surface area contributed by atoms with Crippen molar-refractivity contribution < 1.29 is 29.0 Å². The molecule has 0 saturated heterocycles. The lowest BCUT2D eigenvalue weighted by atomic mass is 9.91. The lowest BCUT2D eigenvalue weighted by Crippen LogP contribution is -2.48. The molecule has 0 spiro atoms. The minimum absolute atomic E-state index is 0.0702. The highest BCUT2D eigenvalue weighted by Gasteiger charge is 2.35. The fraction of sp³-hybridized carbons (Fsp3) is 0.654. The number of rotatable bonds is 13. The predicted molar refractivity (Wildman–Crippen MR) is 134 cm³/mol. The van der Waals surface area contributed by atoms with E-state index < -0.39 is 24.2 Å². The van der Waals surface area contributed by atoms with Crippen LogP contribution in [0.15, 0.2) is 24.3 Å². The van der Waals surface area contributed by atoms with E-state index in [0.717, 1.165) is 12.8 Å². The molecule has 1 aromatic rings. The Bertz CT molecular complexity index is 848. The highest BCUT2D eigenvalue weighted by atomic mass is 16.6. The third-order valence-corrected chi connectivity index (χ3v) is 6.19. The second kappa shape index (κ2) is 14.0. The van der Waals surface area contributed by atoms with E-state index >= 15 is 0 Å². The van der Waals surface area contributed by atoms with Gasteiger partial charge in [0.2, 0.25) is 17.9 Å². The number of carbonyl (C=O) groups is 3. The summed E-state index contributed by atoms with van der Waals surface area (Å²) in [6, 6.07) is 6.52. The maximum atomic E-state index is 13.2. The summed E-state index contributed by atoms with van der Waals surface area (Å²) in [7, 11) is 0. The van der Waals surface area contributed by atoms with Crippen LogP contribution >= 0.6 is 0 Å². The number of fused-ring (bicyclic) bond motifs is 1. The van der Waals surface area contributed by atoms with Crippen LogP contribution < -0.4 is 20.7 Å². The van der Waals surface area contributed by atoms with E-state index in [0.29, 0.717) is 24.4 Å². The fourth-order valence-electron chi connectivity index (χ4n) is 4.15. The molecule has 1 aliphatic rings. The number of nitrogens with one attached hydrogen (secondary N) is 1. The van der Waals surface area contributed by atoms with E-state index in [1.54, 1.807) is 36.9 Å². The summed E-state index contributed by atoms with van der Waals surface area (Å²) < 4.78 is 10.8. The zero-order valence-corrected chi connectivity index (χ0v) is 21.4. The average molecular weight is 492 g/mol.